The van der Waals surface area contributed by atoms with Gasteiger partial charge >= 0.3 is 0 Å². The van der Waals surface area contributed by atoms with Crippen LogP contribution in [0.1, 0.15) is 22.3 Å². The van der Waals surface area contributed by atoms with Gasteiger partial charge in [0, 0.05) is 48.4 Å². The van der Waals surface area contributed by atoms with Crippen molar-refractivity contribution in [1.29, 1.82) is 0 Å². The van der Waals surface area contributed by atoms with Gasteiger partial charge in [0.1, 0.15) is 5.70 Å². The van der Waals surface area contributed by atoms with Crippen LogP contribution in [0.4, 0.5) is 0 Å². The van der Waals surface area contributed by atoms with E-state index in [0.29, 0.717) is 23.5 Å². The molecule has 3 N–H and O–H groups in total. The fourth-order valence-corrected chi connectivity index (χ4v) is 3.35. The van der Waals surface area contributed by atoms with Crippen LogP contribution in [0, 0.1) is 0 Å². The number of aromatic nitrogens is 1. The molecule has 0 bridgehead atoms. The van der Waals surface area contributed by atoms with Gasteiger partial charge in [0.2, 0.25) is 0 Å². The van der Waals surface area contributed by atoms with Crippen molar-refractivity contribution in [1.82, 2.24) is 15.2 Å². The Morgan fingerprint density at radius 3 is 2.56 bits per heavy atom. The minimum atomic E-state index is -0.463. The van der Waals surface area contributed by atoms with Gasteiger partial charge < -0.3 is 29.8 Å². The zero-order valence-corrected chi connectivity index (χ0v) is 18.3. The number of fused-ring (bicyclic) bond motifs is 1. The Balaban J connectivity index is 1.95. The number of carbonyl (C=O) groups is 2. The van der Waals surface area contributed by atoms with Crippen molar-refractivity contribution in [2.45, 2.75) is 6.42 Å². The number of amides is 2. The van der Waals surface area contributed by atoms with Crippen LogP contribution in [0.2, 0.25) is 0 Å². The minimum absolute atomic E-state index is 0.0410. The Bertz CT molecular complexity index is 1150. The molecule has 3 aromatic rings. The summed E-state index contributed by atoms with van der Waals surface area (Å²) < 4.78 is 12.4. The van der Waals surface area contributed by atoms with Gasteiger partial charge in [0.15, 0.2) is 11.5 Å². The molecule has 0 aliphatic rings. The summed E-state index contributed by atoms with van der Waals surface area (Å²) in [6, 6.07) is 12.6. The Labute approximate surface area is 186 Å². The van der Waals surface area contributed by atoms with Crippen molar-refractivity contribution in [3.63, 3.8) is 0 Å². The molecule has 0 aliphatic carbocycles. The number of nitrogens with one attached hydrogen (secondary N) is 2. The van der Waals surface area contributed by atoms with E-state index in [4.69, 9.17) is 14.6 Å². The highest BCUT2D eigenvalue weighted by Crippen LogP contribution is 2.28. The molecule has 3 rings (SSSR count). The van der Waals surface area contributed by atoms with Gasteiger partial charge in [-0.25, -0.2) is 0 Å². The van der Waals surface area contributed by atoms with Crippen LogP contribution in [-0.4, -0.2) is 48.9 Å². The van der Waals surface area contributed by atoms with Crippen molar-refractivity contribution in [3.05, 3.63) is 65.5 Å². The van der Waals surface area contributed by atoms with Crippen LogP contribution in [0.25, 0.3) is 17.0 Å². The molecule has 0 saturated carbocycles. The molecule has 2 aromatic carbocycles. The van der Waals surface area contributed by atoms with Gasteiger partial charge in [-0.1, -0.05) is 18.2 Å². The van der Waals surface area contributed by atoms with Gasteiger partial charge in [0.05, 0.1) is 14.2 Å². The van der Waals surface area contributed by atoms with Crippen molar-refractivity contribution < 1.29 is 24.2 Å². The zero-order valence-electron chi connectivity index (χ0n) is 18.3. The highest BCUT2D eigenvalue weighted by Gasteiger charge is 2.17. The van der Waals surface area contributed by atoms with Crippen molar-refractivity contribution >= 4 is 28.8 Å². The van der Waals surface area contributed by atoms with Crippen LogP contribution in [0.5, 0.6) is 11.5 Å². The maximum Gasteiger partial charge on any atom is 0.267 e. The number of para-hydroxylation sites is 1. The molecule has 32 heavy (non-hydrogen) atoms. The molecule has 0 atom stereocenters. The first kappa shape index (κ1) is 22.9. The Kier molecular flexibility index (Phi) is 7.51. The number of aryl methyl sites for hydroxylation is 1. The standard InChI is InChI=1S/C24H27N3O5/c1-27-15-17(18-7-4-5-8-20(18)27)13-19(24(30)25-11-6-12-28)26-23(29)16-9-10-21(31-2)22(14-16)32-3/h4-5,7-10,13-15,28H,6,11-12H2,1-3H3,(H,25,30)(H,26,29). The summed E-state index contributed by atoms with van der Waals surface area (Å²) >= 11 is 0. The van der Waals surface area contributed by atoms with Crippen molar-refractivity contribution in [2.24, 2.45) is 7.05 Å². The third-order valence-corrected chi connectivity index (χ3v) is 4.99. The van der Waals surface area contributed by atoms with Crippen LogP contribution >= 0.6 is 0 Å². The van der Waals surface area contributed by atoms with E-state index in [1.54, 1.807) is 24.3 Å². The largest absolute Gasteiger partial charge is 0.493 e. The molecule has 0 saturated heterocycles. The number of aliphatic hydroxyl groups is 1. The molecular formula is C24H27N3O5. The lowest BCUT2D eigenvalue weighted by Gasteiger charge is -2.12. The third kappa shape index (κ3) is 5.09. The van der Waals surface area contributed by atoms with Crippen molar-refractivity contribution in [2.75, 3.05) is 27.4 Å². The number of hydrogen-bond acceptors (Lipinski definition) is 5. The number of carbonyl (C=O) groups excluding carboxylic acids is 2. The SMILES string of the molecule is COc1ccc(C(=O)NC(=Cc2cn(C)c3ccccc23)C(=O)NCCCO)cc1OC. The second-order valence-electron chi connectivity index (χ2n) is 7.13. The second-order valence-corrected chi connectivity index (χ2v) is 7.13. The van der Waals surface area contributed by atoms with Gasteiger partial charge in [-0.3, -0.25) is 9.59 Å². The summed E-state index contributed by atoms with van der Waals surface area (Å²) in [5, 5.41) is 15.4. The fraction of sp³-hybridized carbons (Fsp3) is 0.250. The summed E-state index contributed by atoms with van der Waals surface area (Å²) in [5.41, 5.74) is 2.21. The first-order valence-electron chi connectivity index (χ1n) is 10.2. The first-order valence-corrected chi connectivity index (χ1v) is 10.2. The summed E-state index contributed by atoms with van der Waals surface area (Å²) in [4.78, 5) is 25.8. The fourth-order valence-electron chi connectivity index (χ4n) is 3.35. The average Bonchev–Trinajstić information content (AvgIpc) is 3.13. The maximum atomic E-state index is 12.9. The third-order valence-electron chi connectivity index (χ3n) is 4.99. The molecule has 0 unspecified atom stereocenters. The van der Waals surface area contributed by atoms with Gasteiger partial charge in [0.25, 0.3) is 11.8 Å². The van der Waals surface area contributed by atoms with E-state index >= 15 is 0 Å². The quantitative estimate of drug-likeness (QED) is 0.353. The van der Waals surface area contributed by atoms with E-state index in [-0.39, 0.29) is 18.8 Å². The predicted molar refractivity (Wildman–Crippen MR) is 123 cm³/mol. The number of rotatable bonds is 9. The van der Waals surface area contributed by atoms with E-state index in [1.807, 2.05) is 42.1 Å². The summed E-state index contributed by atoms with van der Waals surface area (Å²) in [7, 11) is 4.92. The molecule has 0 radical (unpaired) electrons. The lowest BCUT2D eigenvalue weighted by Crippen LogP contribution is -2.35. The van der Waals surface area contributed by atoms with E-state index in [2.05, 4.69) is 10.6 Å². The number of aliphatic hydroxyl groups excluding tert-OH is 1. The molecule has 2 amide bonds. The molecule has 8 heteroatoms. The number of ether oxygens (including phenoxy) is 2. The summed E-state index contributed by atoms with van der Waals surface area (Å²) in [6.07, 6.45) is 3.96. The maximum absolute atomic E-state index is 12.9. The van der Waals surface area contributed by atoms with E-state index in [0.717, 1.165) is 16.5 Å². The minimum Gasteiger partial charge on any atom is -0.493 e. The predicted octanol–water partition coefficient (Wildman–Crippen LogP) is 2.46. The lowest BCUT2D eigenvalue weighted by molar-refractivity contribution is -0.117. The molecule has 0 fully saturated rings. The molecule has 8 nitrogen and oxygen atoms in total. The summed E-state index contributed by atoms with van der Waals surface area (Å²) in [5.74, 6) is -0.000549. The van der Waals surface area contributed by atoms with Gasteiger partial charge in [-0.2, -0.15) is 0 Å². The van der Waals surface area contributed by atoms with Crippen LogP contribution in [-0.2, 0) is 11.8 Å². The molecular weight excluding hydrogens is 410 g/mol. The smallest absolute Gasteiger partial charge is 0.267 e. The number of nitrogens with zero attached hydrogens (tertiary/aromatic N) is 1. The highest BCUT2D eigenvalue weighted by molar-refractivity contribution is 6.06. The van der Waals surface area contributed by atoms with Crippen molar-refractivity contribution in [3.8, 4) is 11.5 Å². The molecule has 0 spiro atoms. The Hall–Kier alpha value is -3.78. The zero-order chi connectivity index (χ0) is 23.1. The van der Waals surface area contributed by atoms with Crippen LogP contribution in [0.15, 0.2) is 54.4 Å². The lowest BCUT2D eigenvalue weighted by atomic mass is 10.1. The molecule has 168 valence electrons. The Morgan fingerprint density at radius 2 is 1.84 bits per heavy atom. The normalized spacial score (nSPS) is 11.3. The monoisotopic (exact) mass is 437 g/mol. The second kappa shape index (κ2) is 10.5. The molecule has 0 aliphatic heterocycles. The van der Waals surface area contributed by atoms with E-state index < -0.39 is 11.8 Å². The van der Waals surface area contributed by atoms with Crippen LogP contribution in [0.3, 0.4) is 0 Å². The first-order chi connectivity index (χ1) is 15.5. The van der Waals surface area contributed by atoms with Gasteiger partial charge in [-0.15, -0.1) is 0 Å². The topological polar surface area (TPSA) is 102 Å². The average molecular weight is 437 g/mol. The number of benzene rings is 2. The van der Waals surface area contributed by atoms with Gasteiger partial charge in [-0.05, 0) is 36.8 Å². The molecule has 1 heterocycles. The Morgan fingerprint density at radius 1 is 1.09 bits per heavy atom. The van der Waals surface area contributed by atoms with Crippen LogP contribution < -0.4 is 20.1 Å². The summed E-state index contributed by atoms with van der Waals surface area (Å²) in [6.45, 7) is 0.245. The number of methoxy groups -OCH3 is 2. The highest BCUT2D eigenvalue weighted by atomic mass is 16.5. The van der Waals surface area contributed by atoms with E-state index in [9.17, 15) is 9.59 Å². The van der Waals surface area contributed by atoms with E-state index in [1.165, 1.54) is 14.2 Å². The number of hydrogen-bond donors (Lipinski definition) is 3. The molecule has 1 aromatic heterocycles.